The largest absolute Gasteiger partial charge is 0.328 e. The molecule has 0 atom stereocenters. The lowest BCUT2D eigenvalue weighted by Crippen LogP contribution is -2.31. The zero-order valence-electron chi connectivity index (χ0n) is 19.2. The average molecular weight is 428 g/mol. The number of hydrogen-bond donors (Lipinski definition) is 0. The van der Waals surface area contributed by atoms with E-state index in [-0.39, 0.29) is 27.8 Å². The Kier molecular flexibility index (Phi) is 4.81. The van der Waals surface area contributed by atoms with Crippen molar-refractivity contribution in [3.8, 4) is 11.4 Å². The molecule has 5 rings (SSSR count). The van der Waals surface area contributed by atoms with Gasteiger partial charge in [-0.2, -0.15) is 0 Å². The summed E-state index contributed by atoms with van der Waals surface area (Å²) in [4.78, 5) is 32.2. The van der Waals surface area contributed by atoms with E-state index < -0.39 is 0 Å². The van der Waals surface area contributed by atoms with Crippen LogP contribution in [0.15, 0.2) is 58.1 Å². The van der Waals surface area contributed by atoms with Crippen molar-refractivity contribution in [1.82, 2.24) is 14.1 Å². The molecule has 0 saturated heterocycles. The summed E-state index contributed by atoms with van der Waals surface area (Å²) in [5, 5.41) is 0.745. The van der Waals surface area contributed by atoms with Crippen LogP contribution < -0.4 is 11.0 Å². The van der Waals surface area contributed by atoms with E-state index in [1.54, 1.807) is 10.6 Å². The Bertz CT molecular complexity index is 1450. The maximum atomic E-state index is 13.9. The van der Waals surface area contributed by atoms with Crippen molar-refractivity contribution < 1.29 is 0 Å². The van der Waals surface area contributed by atoms with Gasteiger partial charge in [0.2, 0.25) is 5.43 Å². The van der Waals surface area contributed by atoms with Gasteiger partial charge in [0, 0.05) is 24.0 Å². The zero-order chi connectivity index (χ0) is 22.6. The molecule has 0 N–H and O–H groups in total. The molecular weight excluding hydrogens is 398 g/mol. The third kappa shape index (κ3) is 3.19. The molecule has 0 aliphatic heterocycles. The smallest absolute Gasteiger partial charge is 0.267 e. The van der Waals surface area contributed by atoms with Gasteiger partial charge >= 0.3 is 0 Å². The molecule has 164 valence electrons. The molecule has 4 aromatic rings. The quantitative estimate of drug-likeness (QED) is 0.406. The molecule has 5 heteroatoms. The number of hydrogen-bond acceptors (Lipinski definition) is 3. The number of aryl methyl sites for hydroxylation is 1. The van der Waals surface area contributed by atoms with Crippen molar-refractivity contribution in [3.05, 3.63) is 74.7 Å². The monoisotopic (exact) mass is 427 g/mol. The molecule has 1 saturated carbocycles. The van der Waals surface area contributed by atoms with Crippen LogP contribution in [0, 0.1) is 0 Å². The highest BCUT2D eigenvalue weighted by Gasteiger charge is 2.26. The number of fused-ring (bicyclic) bond motifs is 2. The second-order valence-corrected chi connectivity index (χ2v) is 9.98. The number of aromatic nitrogens is 3. The van der Waals surface area contributed by atoms with Gasteiger partial charge in [0.25, 0.3) is 5.56 Å². The fourth-order valence-corrected chi connectivity index (χ4v) is 4.99. The minimum Gasteiger partial charge on any atom is -0.328 e. The van der Waals surface area contributed by atoms with Crippen LogP contribution >= 0.6 is 0 Å². The molecule has 2 aromatic heterocycles. The Hall–Kier alpha value is -3.21. The maximum absolute atomic E-state index is 13.9. The summed E-state index contributed by atoms with van der Waals surface area (Å²) in [5.74, 6) is 0.653. The summed E-state index contributed by atoms with van der Waals surface area (Å²) in [7, 11) is 1.88. The van der Waals surface area contributed by atoms with Gasteiger partial charge in [0.05, 0.1) is 5.52 Å². The number of pyridine rings is 1. The SMILES string of the molecule is Cn1c2ccccc2c(=O)c2c(=O)n(C3CCCC3)c(-c3ccc(C(C)(C)C)cc3)nc21. The van der Waals surface area contributed by atoms with Crippen LogP contribution in [0.1, 0.15) is 58.1 Å². The Morgan fingerprint density at radius 1 is 0.938 bits per heavy atom. The van der Waals surface area contributed by atoms with E-state index in [2.05, 4.69) is 45.0 Å². The van der Waals surface area contributed by atoms with Gasteiger partial charge in [-0.3, -0.25) is 14.2 Å². The molecule has 1 aliphatic rings. The first-order valence-electron chi connectivity index (χ1n) is 11.4. The van der Waals surface area contributed by atoms with Crippen LogP contribution in [0.3, 0.4) is 0 Å². The lowest BCUT2D eigenvalue weighted by Gasteiger charge is -2.22. The van der Waals surface area contributed by atoms with Crippen LogP contribution in [0.4, 0.5) is 0 Å². The van der Waals surface area contributed by atoms with Crippen molar-refractivity contribution >= 4 is 21.9 Å². The van der Waals surface area contributed by atoms with E-state index in [1.165, 1.54) is 5.56 Å². The van der Waals surface area contributed by atoms with Gasteiger partial charge in [0.15, 0.2) is 5.65 Å². The number of nitrogens with zero attached hydrogens (tertiary/aromatic N) is 3. The molecule has 1 fully saturated rings. The Morgan fingerprint density at radius 2 is 1.59 bits per heavy atom. The van der Waals surface area contributed by atoms with Gasteiger partial charge in [-0.1, -0.05) is 70.0 Å². The topological polar surface area (TPSA) is 56.9 Å². The number of para-hydroxylation sites is 1. The molecule has 0 bridgehead atoms. The average Bonchev–Trinajstić information content (AvgIpc) is 3.31. The van der Waals surface area contributed by atoms with Gasteiger partial charge in [-0.25, -0.2) is 4.98 Å². The Balaban J connectivity index is 1.86. The van der Waals surface area contributed by atoms with Gasteiger partial charge in [0.1, 0.15) is 11.2 Å². The van der Waals surface area contributed by atoms with Gasteiger partial charge in [-0.15, -0.1) is 0 Å². The van der Waals surface area contributed by atoms with Crippen LogP contribution in [-0.4, -0.2) is 14.1 Å². The van der Waals surface area contributed by atoms with Crippen molar-refractivity contribution in [2.45, 2.75) is 57.9 Å². The first kappa shape index (κ1) is 20.7. The van der Waals surface area contributed by atoms with Crippen molar-refractivity contribution in [1.29, 1.82) is 0 Å². The summed E-state index contributed by atoms with van der Waals surface area (Å²) < 4.78 is 3.68. The molecule has 32 heavy (non-hydrogen) atoms. The van der Waals surface area contributed by atoms with E-state index in [0.717, 1.165) is 36.8 Å². The van der Waals surface area contributed by atoms with Crippen LogP contribution in [0.2, 0.25) is 0 Å². The summed E-state index contributed by atoms with van der Waals surface area (Å²) >= 11 is 0. The highest BCUT2D eigenvalue weighted by molar-refractivity contribution is 5.91. The third-order valence-electron chi connectivity index (χ3n) is 6.85. The molecule has 0 spiro atoms. The Morgan fingerprint density at radius 3 is 2.25 bits per heavy atom. The first-order chi connectivity index (χ1) is 15.3. The van der Waals surface area contributed by atoms with Crippen molar-refractivity contribution in [3.63, 3.8) is 0 Å². The summed E-state index contributed by atoms with van der Waals surface area (Å²) in [6, 6.07) is 15.8. The number of rotatable bonds is 2. The zero-order valence-corrected chi connectivity index (χ0v) is 19.2. The highest BCUT2D eigenvalue weighted by atomic mass is 16.1. The van der Waals surface area contributed by atoms with Crippen LogP contribution in [0.5, 0.6) is 0 Å². The van der Waals surface area contributed by atoms with E-state index >= 15 is 0 Å². The Labute approximate surface area is 187 Å². The van der Waals surface area contributed by atoms with Gasteiger partial charge < -0.3 is 4.57 Å². The molecule has 2 heterocycles. The van der Waals surface area contributed by atoms with Crippen molar-refractivity contribution in [2.24, 2.45) is 7.05 Å². The summed E-state index contributed by atoms with van der Waals surface area (Å²) in [6.45, 7) is 6.56. The lowest BCUT2D eigenvalue weighted by molar-refractivity contribution is 0.504. The van der Waals surface area contributed by atoms with Crippen LogP contribution in [0.25, 0.3) is 33.3 Å². The minimum absolute atomic E-state index is 0.0449. The van der Waals surface area contributed by atoms with Crippen molar-refractivity contribution in [2.75, 3.05) is 0 Å². The normalized spacial score (nSPS) is 15.1. The van der Waals surface area contributed by atoms with E-state index in [9.17, 15) is 9.59 Å². The van der Waals surface area contributed by atoms with E-state index in [0.29, 0.717) is 16.9 Å². The standard InChI is InChI=1S/C27H29N3O2/c1-27(2,3)18-15-13-17(14-16-18)24-28-25-22(26(32)30(24)19-9-5-6-10-19)23(31)20-11-7-8-12-21(20)29(25)4/h7-8,11-16,19H,5-6,9-10H2,1-4H3. The first-order valence-corrected chi connectivity index (χ1v) is 11.4. The third-order valence-corrected chi connectivity index (χ3v) is 6.85. The molecule has 5 nitrogen and oxygen atoms in total. The summed E-state index contributed by atoms with van der Waals surface area (Å²) in [5.41, 5.74) is 2.96. The lowest BCUT2D eigenvalue weighted by atomic mass is 9.86. The predicted octanol–water partition coefficient (Wildman–Crippen LogP) is 5.33. The minimum atomic E-state index is -0.229. The molecule has 1 aliphatic carbocycles. The fourth-order valence-electron chi connectivity index (χ4n) is 4.99. The van der Waals surface area contributed by atoms with E-state index in [4.69, 9.17) is 4.98 Å². The highest BCUT2D eigenvalue weighted by Crippen LogP contribution is 2.33. The molecule has 0 unspecified atom stereocenters. The molecule has 0 amide bonds. The molecule has 2 aromatic carbocycles. The molecular formula is C27H29N3O2. The second kappa shape index (κ2) is 7.44. The van der Waals surface area contributed by atoms with Gasteiger partial charge in [-0.05, 0) is 36.0 Å². The fraction of sp³-hybridized carbons (Fsp3) is 0.370. The predicted molar refractivity (Wildman–Crippen MR) is 130 cm³/mol. The van der Waals surface area contributed by atoms with E-state index in [1.807, 2.05) is 29.8 Å². The maximum Gasteiger partial charge on any atom is 0.267 e. The van der Waals surface area contributed by atoms with Crippen LogP contribution in [-0.2, 0) is 12.5 Å². The molecule has 0 radical (unpaired) electrons. The summed E-state index contributed by atoms with van der Waals surface area (Å²) in [6.07, 6.45) is 4.06. The number of benzene rings is 2. The second-order valence-electron chi connectivity index (χ2n) is 9.98.